The second-order valence-corrected chi connectivity index (χ2v) is 11.1. The fourth-order valence-corrected chi connectivity index (χ4v) is 4.25. The molecule has 2 aliphatic rings. The van der Waals surface area contributed by atoms with Crippen LogP contribution in [0.5, 0.6) is 0 Å². The second kappa shape index (κ2) is 8.35. The molecule has 0 aliphatic carbocycles. The summed E-state index contributed by atoms with van der Waals surface area (Å²) in [5.74, 6) is -0.836. The number of alkyl halides is 3. The molecule has 2 heterocycles. The number of amides is 2. The van der Waals surface area contributed by atoms with Gasteiger partial charge in [0.05, 0.1) is 33.6 Å². The molecule has 2 aliphatic heterocycles. The molecule has 0 unspecified atom stereocenters. The largest absolute Gasteiger partial charge is 0.495 e. The Morgan fingerprint density at radius 2 is 1.61 bits per heavy atom. The van der Waals surface area contributed by atoms with E-state index in [0.29, 0.717) is 12.0 Å². The average Bonchev–Trinajstić information content (AvgIpc) is 2.98. The third-order valence-corrected chi connectivity index (χ3v) is 7.29. The first kappa shape index (κ1) is 26.2. The zero-order valence-electron chi connectivity index (χ0n) is 21.5. The summed E-state index contributed by atoms with van der Waals surface area (Å²) < 4.78 is 52.5. The molecule has 2 saturated heterocycles. The number of halogens is 3. The standard InChI is InChI=1S/C26H30BF3N2O4/c1-15-8-9-16(12-18(15)27-35-24(4,5)25(6,7)36-27)21(33)31-19-13-17(26(28,29)30)10-11-20(19)32-14-23(2,3)22(32)34/h8-13H,14H2,1-7H3,(H,31,33). The molecule has 0 atom stereocenters. The summed E-state index contributed by atoms with van der Waals surface area (Å²) in [6, 6.07) is 7.93. The van der Waals surface area contributed by atoms with Gasteiger partial charge in [-0.05, 0) is 84.3 Å². The predicted molar refractivity (Wildman–Crippen MR) is 132 cm³/mol. The lowest BCUT2D eigenvalue weighted by atomic mass is 9.75. The van der Waals surface area contributed by atoms with Gasteiger partial charge in [0.25, 0.3) is 5.91 Å². The highest BCUT2D eigenvalue weighted by Crippen LogP contribution is 2.42. The minimum absolute atomic E-state index is 0.0866. The van der Waals surface area contributed by atoms with Crippen LogP contribution in [0.25, 0.3) is 0 Å². The molecule has 10 heteroatoms. The van der Waals surface area contributed by atoms with Gasteiger partial charge in [-0.1, -0.05) is 11.6 Å². The number of rotatable bonds is 4. The minimum Gasteiger partial charge on any atom is -0.399 e. The van der Waals surface area contributed by atoms with Crippen LogP contribution in [0.1, 0.15) is 63.0 Å². The first-order chi connectivity index (χ1) is 16.4. The van der Waals surface area contributed by atoms with Crippen LogP contribution in [0.3, 0.4) is 0 Å². The summed E-state index contributed by atoms with van der Waals surface area (Å²) >= 11 is 0. The van der Waals surface area contributed by atoms with Gasteiger partial charge in [-0.25, -0.2) is 0 Å². The Hall–Kier alpha value is -2.85. The van der Waals surface area contributed by atoms with Gasteiger partial charge in [0.15, 0.2) is 0 Å². The number of hydrogen-bond donors (Lipinski definition) is 1. The highest BCUT2D eigenvalue weighted by molar-refractivity contribution is 6.62. The van der Waals surface area contributed by atoms with Crippen LogP contribution < -0.4 is 15.7 Å². The molecule has 0 aromatic heterocycles. The van der Waals surface area contributed by atoms with E-state index in [-0.39, 0.29) is 22.8 Å². The van der Waals surface area contributed by atoms with Crippen molar-refractivity contribution < 1.29 is 32.1 Å². The predicted octanol–water partition coefficient (Wildman–Crippen LogP) is 4.94. The molecule has 2 amide bonds. The lowest BCUT2D eigenvalue weighted by Gasteiger charge is -2.45. The van der Waals surface area contributed by atoms with Crippen molar-refractivity contribution in [1.29, 1.82) is 0 Å². The van der Waals surface area contributed by atoms with Crippen LogP contribution in [-0.2, 0) is 20.3 Å². The summed E-state index contributed by atoms with van der Waals surface area (Å²) in [5, 5.41) is 2.59. The first-order valence-electron chi connectivity index (χ1n) is 11.7. The Kier molecular flexibility index (Phi) is 6.08. The normalized spacial score (nSPS) is 20.3. The van der Waals surface area contributed by atoms with Gasteiger partial charge in [0.1, 0.15) is 0 Å². The number of nitrogens with one attached hydrogen (secondary N) is 1. The van der Waals surface area contributed by atoms with Crippen molar-refractivity contribution >= 4 is 35.8 Å². The maximum absolute atomic E-state index is 13.4. The lowest BCUT2D eigenvalue weighted by molar-refractivity contribution is -0.137. The monoisotopic (exact) mass is 502 g/mol. The van der Waals surface area contributed by atoms with E-state index in [9.17, 15) is 22.8 Å². The SMILES string of the molecule is Cc1ccc(C(=O)Nc2cc(C(F)(F)F)ccc2N2CC(C)(C)C2=O)cc1B1OC(C)(C)C(C)(C)O1. The fraction of sp³-hybridized carbons (Fsp3) is 0.462. The maximum atomic E-state index is 13.4. The molecule has 6 nitrogen and oxygen atoms in total. The van der Waals surface area contributed by atoms with Crippen molar-refractivity contribution in [3.05, 3.63) is 53.1 Å². The molecule has 36 heavy (non-hydrogen) atoms. The number of aryl methyl sites for hydroxylation is 1. The Bertz CT molecular complexity index is 1220. The quantitative estimate of drug-likeness (QED) is 0.475. The van der Waals surface area contributed by atoms with Crippen molar-refractivity contribution in [2.75, 3.05) is 16.8 Å². The molecule has 0 spiro atoms. The van der Waals surface area contributed by atoms with Crippen LogP contribution >= 0.6 is 0 Å². The van der Waals surface area contributed by atoms with Crippen molar-refractivity contribution in [3.8, 4) is 0 Å². The summed E-state index contributed by atoms with van der Waals surface area (Å²) in [4.78, 5) is 27.2. The molecule has 0 radical (unpaired) electrons. The van der Waals surface area contributed by atoms with E-state index in [4.69, 9.17) is 9.31 Å². The topological polar surface area (TPSA) is 67.9 Å². The van der Waals surface area contributed by atoms with Gasteiger partial charge < -0.3 is 19.5 Å². The molecule has 4 rings (SSSR count). The molecule has 192 valence electrons. The minimum atomic E-state index is -4.61. The first-order valence-corrected chi connectivity index (χ1v) is 11.7. The summed E-state index contributed by atoms with van der Waals surface area (Å²) in [6.45, 7) is 13.4. The fourth-order valence-electron chi connectivity index (χ4n) is 4.25. The van der Waals surface area contributed by atoms with Gasteiger partial charge in [0, 0.05) is 12.1 Å². The summed E-state index contributed by atoms with van der Waals surface area (Å²) in [5.41, 5.74) is -0.823. The molecule has 0 bridgehead atoms. The van der Waals surface area contributed by atoms with Crippen molar-refractivity contribution in [1.82, 2.24) is 0 Å². The van der Waals surface area contributed by atoms with Crippen LogP contribution in [0, 0.1) is 12.3 Å². The van der Waals surface area contributed by atoms with E-state index >= 15 is 0 Å². The molecular formula is C26H30BF3N2O4. The zero-order valence-corrected chi connectivity index (χ0v) is 21.5. The summed E-state index contributed by atoms with van der Waals surface area (Å²) in [7, 11) is -0.701. The third kappa shape index (κ3) is 4.52. The number of carbonyl (C=O) groups is 2. The van der Waals surface area contributed by atoms with Crippen LogP contribution in [0.2, 0.25) is 0 Å². The van der Waals surface area contributed by atoms with E-state index in [1.165, 1.54) is 11.0 Å². The lowest BCUT2D eigenvalue weighted by Crippen LogP contribution is -2.58. The van der Waals surface area contributed by atoms with E-state index in [1.54, 1.807) is 32.0 Å². The van der Waals surface area contributed by atoms with Gasteiger partial charge >= 0.3 is 13.3 Å². The molecular weight excluding hydrogens is 472 g/mol. The van der Waals surface area contributed by atoms with Crippen LogP contribution in [-0.4, -0.2) is 36.7 Å². The maximum Gasteiger partial charge on any atom is 0.495 e. The second-order valence-electron chi connectivity index (χ2n) is 11.1. The third-order valence-electron chi connectivity index (χ3n) is 7.29. The molecule has 2 aromatic rings. The number of hydrogen-bond acceptors (Lipinski definition) is 4. The van der Waals surface area contributed by atoms with Crippen molar-refractivity contribution in [2.45, 2.75) is 65.8 Å². The van der Waals surface area contributed by atoms with Crippen molar-refractivity contribution in [2.24, 2.45) is 5.41 Å². The van der Waals surface area contributed by atoms with Gasteiger partial charge in [-0.15, -0.1) is 0 Å². The van der Waals surface area contributed by atoms with E-state index < -0.39 is 41.4 Å². The number of nitrogens with zero attached hydrogens (tertiary/aromatic N) is 1. The number of β-lactam (4-membered cyclic amide) rings is 1. The van der Waals surface area contributed by atoms with Gasteiger partial charge in [0.2, 0.25) is 5.91 Å². The number of carbonyl (C=O) groups excluding carboxylic acids is 2. The molecule has 1 N–H and O–H groups in total. The smallest absolute Gasteiger partial charge is 0.399 e. The van der Waals surface area contributed by atoms with Crippen LogP contribution in [0.4, 0.5) is 24.5 Å². The van der Waals surface area contributed by atoms with Crippen molar-refractivity contribution in [3.63, 3.8) is 0 Å². The number of benzene rings is 2. The molecule has 0 saturated carbocycles. The van der Waals surface area contributed by atoms with E-state index in [1.807, 2.05) is 34.6 Å². The Morgan fingerprint density at radius 1 is 1.00 bits per heavy atom. The van der Waals surface area contributed by atoms with E-state index in [2.05, 4.69) is 5.32 Å². The van der Waals surface area contributed by atoms with Crippen LogP contribution in [0.15, 0.2) is 36.4 Å². The van der Waals surface area contributed by atoms with Gasteiger partial charge in [-0.3, -0.25) is 9.59 Å². The Labute approximate surface area is 209 Å². The Balaban J connectivity index is 1.66. The van der Waals surface area contributed by atoms with E-state index in [0.717, 1.165) is 17.7 Å². The number of anilines is 2. The highest BCUT2D eigenvalue weighted by Gasteiger charge is 2.52. The molecule has 2 fully saturated rings. The highest BCUT2D eigenvalue weighted by atomic mass is 19.4. The summed E-state index contributed by atoms with van der Waals surface area (Å²) in [6.07, 6.45) is -4.61. The zero-order chi connectivity index (χ0) is 26.8. The molecule has 2 aromatic carbocycles. The van der Waals surface area contributed by atoms with Gasteiger partial charge in [-0.2, -0.15) is 13.2 Å². The average molecular weight is 502 g/mol. The Morgan fingerprint density at radius 3 is 2.14 bits per heavy atom.